The standard InChI is InChI=1S/C35H53NO3SSi2/c1-34(2,3)40(37,38)36-27-28-19-13-10-18-24-32(41(7,8)9)33(28)31(36)25-26-39-42(35(4,5)6,29-20-14-11-15-21-29)30-22-16-12-17-23-30/h10-12,14-18,20-23,28,31H,13,19,24-27H2,1-9H3/b18-10-,33-32-/t28-,31+/m0/s1. The van der Waals surface area contributed by atoms with Gasteiger partial charge in [-0.3, -0.25) is 0 Å². The van der Waals surface area contributed by atoms with Crippen LogP contribution >= 0.6 is 0 Å². The van der Waals surface area contributed by atoms with E-state index in [1.165, 1.54) is 21.1 Å². The Morgan fingerprint density at radius 2 is 1.40 bits per heavy atom. The van der Waals surface area contributed by atoms with Gasteiger partial charge in [0, 0.05) is 19.2 Å². The second-order valence-electron chi connectivity index (χ2n) is 15.1. The van der Waals surface area contributed by atoms with Crippen LogP contribution in [0.25, 0.3) is 0 Å². The molecule has 0 spiro atoms. The van der Waals surface area contributed by atoms with Crippen molar-refractivity contribution in [3.8, 4) is 0 Å². The van der Waals surface area contributed by atoms with Gasteiger partial charge in [-0.1, -0.05) is 124 Å². The van der Waals surface area contributed by atoms with E-state index in [0.29, 0.717) is 19.6 Å². The SMILES string of the molecule is CC(C)(C)[Si](OCC[C@@H]1/C2=C(\[Si](C)(C)C)C/C=C\CC[C@H]2CN1S(=O)(=O)C(C)(C)C)(c1ccccc1)c1ccccc1. The van der Waals surface area contributed by atoms with Crippen LogP contribution in [-0.2, 0) is 14.4 Å². The highest BCUT2D eigenvalue weighted by Gasteiger charge is 2.52. The monoisotopic (exact) mass is 623 g/mol. The van der Waals surface area contributed by atoms with E-state index >= 15 is 0 Å². The zero-order valence-corrected chi connectivity index (χ0v) is 30.2. The van der Waals surface area contributed by atoms with Gasteiger partial charge in [0.25, 0.3) is 8.32 Å². The molecule has 230 valence electrons. The van der Waals surface area contributed by atoms with Crippen molar-refractivity contribution < 1.29 is 12.8 Å². The minimum absolute atomic E-state index is 0.126. The third-order valence-corrected chi connectivity index (χ3v) is 19.1. The quantitative estimate of drug-likeness (QED) is 0.229. The molecule has 1 aliphatic carbocycles. The molecule has 42 heavy (non-hydrogen) atoms. The van der Waals surface area contributed by atoms with Crippen molar-refractivity contribution in [2.45, 2.75) is 103 Å². The van der Waals surface area contributed by atoms with Crippen LogP contribution < -0.4 is 10.4 Å². The third kappa shape index (κ3) is 6.36. The van der Waals surface area contributed by atoms with Crippen LogP contribution in [0.1, 0.15) is 67.2 Å². The summed E-state index contributed by atoms with van der Waals surface area (Å²) in [4.78, 5) is 0. The molecule has 0 N–H and O–H groups in total. The normalized spacial score (nSPS) is 23.7. The van der Waals surface area contributed by atoms with E-state index in [1.807, 2.05) is 25.1 Å². The molecule has 2 aromatic rings. The molecule has 4 nitrogen and oxygen atoms in total. The fraction of sp³-hybridized carbons (Fsp3) is 0.543. The molecule has 0 unspecified atom stereocenters. The fourth-order valence-electron chi connectivity index (χ4n) is 7.04. The van der Waals surface area contributed by atoms with Crippen molar-refractivity contribution in [2.24, 2.45) is 5.92 Å². The summed E-state index contributed by atoms with van der Waals surface area (Å²) in [5.74, 6) is 0.270. The molecular formula is C35H53NO3SSi2. The van der Waals surface area contributed by atoms with Crippen molar-refractivity contribution in [3.63, 3.8) is 0 Å². The largest absolute Gasteiger partial charge is 0.407 e. The molecule has 0 saturated carbocycles. The maximum Gasteiger partial charge on any atom is 0.261 e. The smallest absolute Gasteiger partial charge is 0.261 e. The molecule has 2 aromatic carbocycles. The Labute approximate surface area is 258 Å². The molecule has 1 saturated heterocycles. The Balaban J connectivity index is 1.82. The number of allylic oxidation sites excluding steroid dienone is 3. The molecule has 2 aliphatic rings. The van der Waals surface area contributed by atoms with Crippen LogP contribution in [0.5, 0.6) is 0 Å². The summed E-state index contributed by atoms with van der Waals surface area (Å²) in [5, 5.41) is 3.92. The number of fused-ring (bicyclic) bond motifs is 1. The van der Waals surface area contributed by atoms with Crippen molar-refractivity contribution >= 4 is 36.8 Å². The predicted octanol–water partition coefficient (Wildman–Crippen LogP) is 7.30. The van der Waals surface area contributed by atoms with E-state index < -0.39 is 31.2 Å². The lowest BCUT2D eigenvalue weighted by Crippen LogP contribution is -2.66. The average Bonchev–Trinajstić information content (AvgIpc) is 3.23. The number of rotatable bonds is 8. The average molecular weight is 624 g/mol. The molecule has 1 fully saturated rings. The molecule has 4 rings (SSSR count). The van der Waals surface area contributed by atoms with Crippen molar-refractivity contribution in [3.05, 3.63) is 83.6 Å². The Hall–Kier alpha value is -1.78. The summed E-state index contributed by atoms with van der Waals surface area (Å²) in [5.41, 5.74) is 1.41. The van der Waals surface area contributed by atoms with Gasteiger partial charge in [-0.05, 0) is 67.8 Å². The first-order valence-electron chi connectivity index (χ1n) is 15.7. The zero-order chi connectivity index (χ0) is 31.0. The van der Waals surface area contributed by atoms with Crippen LogP contribution in [-0.4, -0.2) is 53.1 Å². The molecule has 1 heterocycles. The summed E-state index contributed by atoms with van der Waals surface area (Å²) in [6.07, 6.45) is 8.25. The van der Waals surface area contributed by atoms with Crippen LogP contribution in [0.3, 0.4) is 0 Å². The van der Waals surface area contributed by atoms with Crippen LogP contribution in [0.4, 0.5) is 0 Å². The van der Waals surface area contributed by atoms with E-state index in [0.717, 1.165) is 19.3 Å². The first-order valence-corrected chi connectivity index (χ1v) is 22.5. The lowest BCUT2D eigenvalue weighted by atomic mass is 9.89. The Morgan fingerprint density at radius 1 is 0.857 bits per heavy atom. The van der Waals surface area contributed by atoms with Crippen LogP contribution in [0.2, 0.25) is 24.7 Å². The lowest BCUT2D eigenvalue weighted by Gasteiger charge is -2.43. The van der Waals surface area contributed by atoms with Gasteiger partial charge in [0.2, 0.25) is 10.0 Å². The summed E-state index contributed by atoms with van der Waals surface area (Å²) >= 11 is 0. The summed E-state index contributed by atoms with van der Waals surface area (Å²) < 4.78 is 36.7. The maximum atomic E-state index is 14.2. The fourth-order valence-corrected chi connectivity index (χ4v) is 15.2. The lowest BCUT2D eigenvalue weighted by molar-refractivity contribution is 0.259. The molecule has 1 aliphatic heterocycles. The van der Waals surface area contributed by atoms with E-state index in [-0.39, 0.29) is 17.0 Å². The second-order valence-corrected chi connectivity index (χ2v) is 27.2. The summed E-state index contributed by atoms with van der Waals surface area (Å²) in [6, 6.07) is 21.3. The van der Waals surface area contributed by atoms with Gasteiger partial charge in [-0.25, -0.2) is 8.42 Å². The molecule has 0 radical (unpaired) electrons. The second kappa shape index (κ2) is 12.3. The third-order valence-electron chi connectivity index (χ3n) is 9.18. The van der Waals surface area contributed by atoms with E-state index in [9.17, 15) is 8.42 Å². The first kappa shape index (κ1) is 33.1. The Bertz CT molecular complexity index is 1340. The topological polar surface area (TPSA) is 46.6 Å². The highest BCUT2D eigenvalue weighted by atomic mass is 32.2. The molecular weight excluding hydrogens is 571 g/mol. The molecule has 0 amide bonds. The van der Waals surface area contributed by atoms with E-state index in [1.54, 1.807) is 0 Å². The summed E-state index contributed by atoms with van der Waals surface area (Å²) in [6.45, 7) is 20.8. The van der Waals surface area contributed by atoms with Gasteiger partial charge < -0.3 is 4.43 Å². The highest BCUT2D eigenvalue weighted by Crippen LogP contribution is 2.44. The highest BCUT2D eigenvalue weighted by molar-refractivity contribution is 7.90. The maximum absolute atomic E-state index is 14.2. The van der Waals surface area contributed by atoms with E-state index in [2.05, 4.69) is 113 Å². The number of hydrogen-bond donors (Lipinski definition) is 0. The number of sulfonamides is 1. The minimum atomic E-state index is -3.52. The summed E-state index contributed by atoms with van der Waals surface area (Å²) in [7, 11) is -7.96. The van der Waals surface area contributed by atoms with Crippen molar-refractivity contribution in [1.82, 2.24) is 4.31 Å². The van der Waals surface area contributed by atoms with Gasteiger partial charge in [0.15, 0.2) is 0 Å². The van der Waals surface area contributed by atoms with Gasteiger partial charge >= 0.3 is 0 Å². The van der Waals surface area contributed by atoms with Crippen molar-refractivity contribution in [1.29, 1.82) is 0 Å². The number of benzene rings is 2. The number of nitrogens with zero attached hydrogens (tertiary/aromatic N) is 1. The van der Waals surface area contributed by atoms with E-state index in [4.69, 9.17) is 4.43 Å². The first-order chi connectivity index (χ1) is 19.5. The number of hydrogen-bond acceptors (Lipinski definition) is 3. The predicted molar refractivity (Wildman–Crippen MR) is 184 cm³/mol. The zero-order valence-electron chi connectivity index (χ0n) is 27.4. The van der Waals surface area contributed by atoms with Gasteiger partial charge in [0.05, 0.1) is 12.8 Å². The Kier molecular flexibility index (Phi) is 9.71. The van der Waals surface area contributed by atoms with Crippen LogP contribution in [0, 0.1) is 5.92 Å². The molecule has 0 bridgehead atoms. The van der Waals surface area contributed by atoms with Gasteiger partial charge in [-0.2, -0.15) is 4.31 Å². The minimum Gasteiger partial charge on any atom is -0.407 e. The Morgan fingerprint density at radius 3 is 1.88 bits per heavy atom. The molecule has 2 atom stereocenters. The molecule has 7 heteroatoms. The molecule has 0 aromatic heterocycles. The van der Waals surface area contributed by atoms with Gasteiger partial charge in [-0.15, -0.1) is 0 Å². The van der Waals surface area contributed by atoms with Gasteiger partial charge in [0.1, 0.15) is 0 Å². The van der Waals surface area contributed by atoms with Crippen LogP contribution in [0.15, 0.2) is 83.6 Å². The van der Waals surface area contributed by atoms with Crippen molar-refractivity contribution in [2.75, 3.05) is 13.2 Å².